The molecule has 2 N–H and O–H groups in total. The van der Waals surface area contributed by atoms with Crippen molar-refractivity contribution in [3.8, 4) is 5.75 Å². The maximum atomic E-state index is 12.4. The first kappa shape index (κ1) is 19.2. The van der Waals surface area contributed by atoms with E-state index in [1.807, 2.05) is 18.2 Å². The molecule has 0 saturated carbocycles. The third kappa shape index (κ3) is 5.00. The molecular weight excluding hydrogens is 427 g/mol. The molecule has 9 heteroatoms. The van der Waals surface area contributed by atoms with E-state index in [0.29, 0.717) is 11.4 Å². The van der Waals surface area contributed by atoms with Gasteiger partial charge in [0.1, 0.15) is 11.4 Å². The van der Waals surface area contributed by atoms with E-state index in [0.717, 1.165) is 15.4 Å². The second-order valence-electron chi connectivity index (χ2n) is 5.93. The first-order chi connectivity index (χ1) is 12.7. The van der Waals surface area contributed by atoms with Gasteiger partial charge in [0.15, 0.2) is 6.61 Å². The Kier molecular flexibility index (Phi) is 5.41. The average molecular weight is 442 g/mol. The van der Waals surface area contributed by atoms with Crippen LogP contribution in [0.1, 0.15) is 29.1 Å². The molecule has 1 atom stereocenters. The smallest absolute Gasteiger partial charge is 0.422 e. The summed E-state index contributed by atoms with van der Waals surface area (Å²) in [6.45, 7) is 0.354. The summed E-state index contributed by atoms with van der Waals surface area (Å²) in [6.07, 6.45) is -3.21. The molecule has 0 fully saturated rings. The number of alkyl halides is 3. The topological polar surface area (TPSA) is 67.0 Å². The standard InChI is InChI=1S/C18H15BrF3N3O2/c1-10(14-5-3-13(8-23-14)27-9-18(20,21)22)24-17(26)16-7-11-6-12(19)2-4-15(11)25-16/h2-8,10,25H,9H2,1H3,(H,24,26)/t10-/m1/s1. The minimum absolute atomic E-state index is 0.01000. The monoisotopic (exact) mass is 441 g/mol. The number of halogens is 4. The third-order valence-electron chi connectivity index (χ3n) is 3.78. The predicted octanol–water partition coefficient (Wildman–Crippen LogP) is 4.76. The van der Waals surface area contributed by atoms with Crippen molar-refractivity contribution in [2.75, 3.05) is 6.61 Å². The highest BCUT2D eigenvalue weighted by molar-refractivity contribution is 9.10. The van der Waals surface area contributed by atoms with E-state index in [9.17, 15) is 18.0 Å². The van der Waals surface area contributed by atoms with Crippen molar-refractivity contribution in [3.63, 3.8) is 0 Å². The molecular formula is C18H15BrF3N3O2. The van der Waals surface area contributed by atoms with Crippen LogP contribution in [0.15, 0.2) is 47.1 Å². The van der Waals surface area contributed by atoms with Crippen LogP contribution in [0.5, 0.6) is 5.75 Å². The summed E-state index contributed by atoms with van der Waals surface area (Å²) >= 11 is 3.38. The molecule has 0 aliphatic carbocycles. The van der Waals surface area contributed by atoms with Crippen LogP contribution < -0.4 is 10.1 Å². The minimum atomic E-state index is -4.41. The summed E-state index contributed by atoms with van der Waals surface area (Å²) in [4.78, 5) is 19.5. The zero-order valence-corrected chi connectivity index (χ0v) is 15.7. The number of nitrogens with one attached hydrogen (secondary N) is 2. The number of hydrogen-bond acceptors (Lipinski definition) is 3. The first-order valence-electron chi connectivity index (χ1n) is 7.96. The summed E-state index contributed by atoms with van der Waals surface area (Å²) in [5.41, 5.74) is 1.74. The van der Waals surface area contributed by atoms with E-state index < -0.39 is 18.8 Å². The zero-order chi connectivity index (χ0) is 19.6. The van der Waals surface area contributed by atoms with E-state index in [-0.39, 0.29) is 11.7 Å². The number of nitrogens with zero attached hydrogens (tertiary/aromatic N) is 1. The van der Waals surface area contributed by atoms with Crippen molar-refractivity contribution >= 4 is 32.7 Å². The van der Waals surface area contributed by atoms with Crippen LogP contribution in [0, 0.1) is 0 Å². The SMILES string of the molecule is C[C@@H](NC(=O)c1cc2cc(Br)ccc2[nH]1)c1ccc(OCC(F)(F)F)cn1. The Morgan fingerprint density at radius 3 is 2.74 bits per heavy atom. The highest BCUT2D eigenvalue weighted by Crippen LogP contribution is 2.22. The predicted molar refractivity (Wildman–Crippen MR) is 97.7 cm³/mol. The lowest BCUT2D eigenvalue weighted by molar-refractivity contribution is -0.153. The van der Waals surface area contributed by atoms with Gasteiger partial charge < -0.3 is 15.0 Å². The molecule has 0 unspecified atom stereocenters. The number of hydrogen-bond donors (Lipinski definition) is 2. The number of fused-ring (bicyclic) bond motifs is 1. The van der Waals surface area contributed by atoms with Crippen molar-refractivity contribution in [2.24, 2.45) is 0 Å². The van der Waals surface area contributed by atoms with Gasteiger partial charge in [-0.3, -0.25) is 9.78 Å². The van der Waals surface area contributed by atoms with Gasteiger partial charge in [0.2, 0.25) is 0 Å². The number of pyridine rings is 1. The minimum Gasteiger partial charge on any atom is -0.483 e. The molecule has 2 aromatic heterocycles. The molecule has 27 heavy (non-hydrogen) atoms. The molecule has 1 amide bonds. The van der Waals surface area contributed by atoms with Crippen LogP contribution in [0.3, 0.4) is 0 Å². The molecule has 1 aromatic carbocycles. The highest BCUT2D eigenvalue weighted by atomic mass is 79.9. The lowest BCUT2D eigenvalue weighted by atomic mass is 10.2. The lowest BCUT2D eigenvalue weighted by Gasteiger charge is -2.14. The number of carbonyl (C=O) groups is 1. The Morgan fingerprint density at radius 1 is 1.30 bits per heavy atom. The number of aromatic amines is 1. The number of H-pyrrole nitrogens is 1. The third-order valence-corrected chi connectivity index (χ3v) is 4.27. The number of benzene rings is 1. The van der Waals surface area contributed by atoms with Gasteiger partial charge in [0.25, 0.3) is 5.91 Å². The molecule has 5 nitrogen and oxygen atoms in total. The van der Waals surface area contributed by atoms with Crippen LogP contribution >= 0.6 is 15.9 Å². The van der Waals surface area contributed by atoms with Gasteiger partial charge in [-0.2, -0.15) is 13.2 Å². The Bertz CT molecular complexity index is 955. The fourth-order valence-corrected chi connectivity index (χ4v) is 2.85. The van der Waals surface area contributed by atoms with Crippen molar-refractivity contribution in [1.82, 2.24) is 15.3 Å². The summed E-state index contributed by atoms with van der Waals surface area (Å²) in [7, 11) is 0. The first-order valence-corrected chi connectivity index (χ1v) is 8.75. The van der Waals surface area contributed by atoms with Crippen LogP contribution in [0.25, 0.3) is 10.9 Å². The Balaban J connectivity index is 1.65. The maximum absolute atomic E-state index is 12.4. The summed E-state index contributed by atoms with van der Waals surface area (Å²) in [6, 6.07) is 9.83. The molecule has 3 rings (SSSR count). The van der Waals surface area contributed by atoms with Gasteiger partial charge in [0, 0.05) is 15.4 Å². The molecule has 0 radical (unpaired) electrons. The van der Waals surface area contributed by atoms with Gasteiger partial charge in [-0.05, 0) is 43.3 Å². The van der Waals surface area contributed by atoms with Gasteiger partial charge in [-0.25, -0.2) is 0 Å². The summed E-state index contributed by atoms with van der Waals surface area (Å²) in [5.74, 6) is -0.301. The molecule has 0 bridgehead atoms. The summed E-state index contributed by atoms with van der Waals surface area (Å²) < 4.78 is 42.0. The molecule has 3 aromatic rings. The molecule has 0 spiro atoms. The van der Waals surface area contributed by atoms with Crippen molar-refractivity contribution < 1.29 is 22.7 Å². The number of aromatic nitrogens is 2. The van der Waals surface area contributed by atoms with Crippen LogP contribution in [0.4, 0.5) is 13.2 Å². The Hall–Kier alpha value is -2.55. The fraction of sp³-hybridized carbons (Fsp3) is 0.222. The second-order valence-corrected chi connectivity index (χ2v) is 6.85. The van der Waals surface area contributed by atoms with E-state index in [1.54, 1.807) is 13.0 Å². The lowest BCUT2D eigenvalue weighted by Crippen LogP contribution is -2.27. The van der Waals surface area contributed by atoms with Gasteiger partial charge in [-0.15, -0.1) is 0 Å². The number of amides is 1. The number of ether oxygens (including phenoxy) is 1. The van der Waals surface area contributed by atoms with E-state index in [4.69, 9.17) is 0 Å². The normalized spacial score (nSPS) is 12.8. The molecule has 2 heterocycles. The molecule has 0 aliphatic heterocycles. The average Bonchev–Trinajstić information content (AvgIpc) is 3.03. The fourth-order valence-electron chi connectivity index (χ4n) is 2.47. The quantitative estimate of drug-likeness (QED) is 0.599. The van der Waals surface area contributed by atoms with E-state index >= 15 is 0 Å². The highest BCUT2D eigenvalue weighted by Gasteiger charge is 2.28. The largest absolute Gasteiger partial charge is 0.483 e. The van der Waals surface area contributed by atoms with Crippen LogP contribution in [-0.2, 0) is 0 Å². The number of carbonyl (C=O) groups excluding carboxylic acids is 1. The van der Waals surface area contributed by atoms with Gasteiger partial charge in [-0.1, -0.05) is 15.9 Å². The Labute approximate surface area is 161 Å². The molecule has 142 valence electrons. The van der Waals surface area contributed by atoms with Gasteiger partial charge >= 0.3 is 6.18 Å². The zero-order valence-electron chi connectivity index (χ0n) is 14.1. The summed E-state index contributed by atoms with van der Waals surface area (Å²) in [5, 5.41) is 3.69. The van der Waals surface area contributed by atoms with Crippen molar-refractivity contribution in [3.05, 3.63) is 58.5 Å². The number of rotatable bonds is 5. The van der Waals surface area contributed by atoms with Gasteiger partial charge in [0.05, 0.1) is 17.9 Å². The van der Waals surface area contributed by atoms with Crippen molar-refractivity contribution in [1.29, 1.82) is 0 Å². The molecule has 0 saturated heterocycles. The Morgan fingerprint density at radius 2 is 2.07 bits per heavy atom. The van der Waals surface area contributed by atoms with E-state index in [1.165, 1.54) is 18.3 Å². The maximum Gasteiger partial charge on any atom is 0.422 e. The molecule has 0 aliphatic rings. The van der Waals surface area contributed by atoms with Crippen molar-refractivity contribution in [2.45, 2.75) is 19.1 Å². The second kappa shape index (κ2) is 7.59. The van der Waals surface area contributed by atoms with E-state index in [2.05, 4.69) is 36.0 Å². The van der Waals surface area contributed by atoms with Crippen LogP contribution in [-0.4, -0.2) is 28.7 Å². The van der Waals surface area contributed by atoms with Crippen LogP contribution in [0.2, 0.25) is 0 Å².